The average molecular weight is 400 g/mol. The summed E-state index contributed by atoms with van der Waals surface area (Å²) in [6, 6.07) is 7.87. The number of nitrogens with one attached hydrogen (secondary N) is 1. The summed E-state index contributed by atoms with van der Waals surface area (Å²) >= 11 is 0. The summed E-state index contributed by atoms with van der Waals surface area (Å²) in [6.07, 6.45) is 4.03. The zero-order chi connectivity index (χ0) is 20.6. The molecule has 0 aliphatic carbocycles. The SMILES string of the molecule is CCC[C@@H](C)N1C[C@H]2C(=O)NC3(CCN(C(=O)c4cccc(OC)c4)CC3)[C@H]2C1. The molecule has 1 aromatic carbocycles. The fourth-order valence-corrected chi connectivity index (χ4v) is 5.59. The Labute approximate surface area is 173 Å². The first-order chi connectivity index (χ1) is 14.0. The van der Waals surface area contributed by atoms with E-state index in [0.717, 1.165) is 25.9 Å². The van der Waals surface area contributed by atoms with Gasteiger partial charge in [0.05, 0.1) is 13.0 Å². The lowest BCUT2D eigenvalue weighted by molar-refractivity contribution is -0.123. The van der Waals surface area contributed by atoms with Gasteiger partial charge in [-0.3, -0.25) is 14.5 Å². The molecule has 3 fully saturated rings. The van der Waals surface area contributed by atoms with Crippen molar-refractivity contribution in [2.75, 3.05) is 33.3 Å². The van der Waals surface area contributed by atoms with Crippen molar-refractivity contribution in [1.82, 2.24) is 15.1 Å². The van der Waals surface area contributed by atoms with E-state index in [0.29, 0.717) is 36.4 Å². The number of likely N-dealkylation sites (tertiary alicyclic amines) is 2. The highest BCUT2D eigenvalue weighted by molar-refractivity contribution is 5.94. The number of rotatable bonds is 5. The molecule has 4 rings (SSSR count). The number of hydrogen-bond donors (Lipinski definition) is 1. The van der Waals surface area contributed by atoms with Crippen molar-refractivity contribution in [3.8, 4) is 5.75 Å². The number of nitrogens with zero attached hydrogens (tertiary/aromatic N) is 2. The Bertz CT molecular complexity index is 772. The van der Waals surface area contributed by atoms with Crippen molar-refractivity contribution < 1.29 is 14.3 Å². The van der Waals surface area contributed by atoms with Gasteiger partial charge in [-0.25, -0.2) is 0 Å². The molecular weight excluding hydrogens is 366 g/mol. The first-order valence-corrected chi connectivity index (χ1v) is 11.0. The number of carbonyl (C=O) groups is 2. The molecule has 158 valence electrons. The number of hydrogen-bond acceptors (Lipinski definition) is 4. The van der Waals surface area contributed by atoms with Gasteiger partial charge in [-0.15, -0.1) is 0 Å². The van der Waals surface area contributed by atoms with Crippen LogP contribution in [0.4, 0.5) is 0 Å². The summed E-state index contributed by atoms with van der Waals surface area (Å²) in [5.41, 5.74) is 0.516. The van der Waals surface area contributed by atoms with Crippen LogP contribution in [0, 0.1) is 11.8 Å². The maximum atomic E-state index is 13.0. The van der Waals surface area contributed by atoms with Crippen molar-refractivity contribution in [3.63, 3.8) is 0 Å². The monoisotopic (exact) mass is 399 g/mol. The molecular formula is C23H33N3O3. The lowest BCUT2D eigenvalue weighted by Gasteiger charge is -2.43. The molecule has 3 saturated heterocycles. The summed E-state index contributed by atoms with van der Waals surface area (Å²) in [5, 5.41) is 3.36. The number of piperidine rings is 1. The highest BCUT2D eigenvalue weighted by Gasteiger charge is 2.57. The highest BCUT2D eigenvalue weighted by atomic mass is 16.5. The second-order valence-corrected chi connectivity index (χ2v) is 8.97. The smallest absolute Gasteiger partial charge is 0.253 e. The van der Waals surface area contributed by atoms with Crippen LogP contribution in [-0.4, -0.2) is 66.5 Å². The minimum Gasteiger partial charge on any atom is -0.497 e. The molecule has 29 heavy (non-hydrogen) atoms. The van der Waals surface area contributed by atoms with Gasteiger partial charge in [0.15, 0.2) is 0 Å². The zero-order valence-electron chi connectivity index (χ0n) is 17.8. The molecule has 3 aliphatic rings. The van der Waals surface area contributed by atoms with Gasteiger partial charge >= 0.3 is 0 Å². The van der Waals surface area contributed by atoms with Crippen molar-refractivity contribution in [2.24, 2.45) is 11.8 Å². The number of amides is 2. The predicted molar refractivity (Wildman–Crippen MR) is 112 cm³/mol. The van der Waals surface area contributed by atoms with Gasteiger partial charge in [0.2, 0.25) is 5.91 Å². The summed E-state index contributed by atoms with van der Waals surface area (Å²) in [7, 11) is 1.61. The standard InChI is InChI=1S/C23H33N3O3/c1-4-6-16(2)26-14-19-20(15-26)23(24-21(19)27)9-11-25(12-10-23)22(28)17-7-5-8-18(13-17)29-3/h5,7-8,13,16,19-20H,4,6,9-12,14-15H2,1-3H3,(H,24,27)/t16-,19-,20+/m1/s1. The van der Waals surface area contributed by atoms with Crippen LogP contribution in [-0.2, 0) is 4.79 Å². The lowest BCUT2D eigenvalue weighted by Crippen LogP contribution is -2.56. The van der Waals surface area contributed by atoms with Gasteiger partial charge in [-0.05, 0) is 44.4 Å². The maximum absolute atomic E-state index is 13.0. The second-order valence-electron chi connectivity index (χ2n) is 8.97. The van der Waals surface area contributed by atoms with Gasteiger partial charge in [-0.2, -0.15) is 0 Å². The normalized spacial score (nSPS) is 27.0. The molecule has 0 bridgehead atoms. The number of carbonyl (C=O) groups excluding carboxylic acids is 2. The maximum Gasteiger partial charge on any atom is 0.253 e. The van der Waals surface area contributed by atoms with E-state index < -0.39 is 0 Å². The van der Waals surface area contributed by atoms with Crippen LogP contribution in [0.25, 0.3) is 0 Å². The lowest BCUT2D eigenvalue weighted by atomic mass is 9.75. The summed E-state index contributed by atoms with van der Waals surface area (Å²) in [6.45, 7) is 7.75. The number of benzene rings is 1. The van der Waals surface area contributed by atoms with Gasteiger partial charge in [0.1, 0.15) is 5.75 Å². The molecule has 1 spiro atoms. The Hall–Kier alpha value is -2.08. The van der Waals surface area contributed by atoms with Gasteiger partial charge in [0, 0.05) is 49.2 Å². The van der Waals surface area contributed by atoms with E-state index in [4.69, 9.17) is 4.74 Å². The Morgan fingerprint density at radius 3 is 2.76 bits per heavy atom. The third-order valence-corrected chi connectivity index (χ3v) is 7.36. The van der Waals surface area contributed by atoms with Gasteiger partial charge in [-0.1, -0.05) is 19.4 Å². The van der Waals surface area contributed by atoms with E-state index in [2.05, 4.69) is 24.1 Å². The molecule has 3 atom stereocenters. The molecule has 0 unspecified atom stereocenters. The molecule has 3 aliphatic heterocycles. The van der Waals surface area contributed by atoms with Crippen LogP contribution in [0.1, 0.15) is 49.9 Å². The first kappa shape index (κ1) is 20.2. The van der Waals surface area contributed by atoms with Crippen LogP contribution in [0.2, 0.25) is 0 Å². The topological polar surface area (TPSA) is 61.9 Å². The molecule has 0 aromatic heterocycles. The van der Waals surface area contributed by atoms with E-state index >= 15 is 0 Å². The van der Waals surface area contributed by atoms with E-state index in [1.165, 1.54) is 12.8 Å². The Balaban J connectivity index is 1.43. The number of fused-ring (bicyclic) bond motifs is 2. The number of ether oxygens (including phenoxy) is 1. The van der Waals surface area contributed by atoms with Gasteiger partial charge < -0.3 is 15.0 Å². The largest absolute Gasteiger partial charge is 0.497 e. The highest BCUT2D eigenvalue weighted by Crippen LogP contribution is 2.44. The second kappa shape index (κ2) is 7.98. The minimum atomic E-state index is -0.145. The van der Waals surface area contributed by atoms with Crippen LogP contribution in [0.15, 0.2) is 24.3 Å². The molecule has 3 heterocycles. The van der Waals surface area contributed by atoms with Crippen molar-refractivity contribution in [3.05, 3.63) is 29.8 Å². The molecule has 1 aromatic rings. The van der Waals surface area contributed by atoms with Crippen molar-refractivity contribution in [2.45, 2.75) is 51.1 Å². The number of methoxy groups -OCH3 is 1. The fraction of sp³-hybridized carbons (Fsp3) is 0.652. The molecule has 2 amide bonds. The third kappa shape index (κ3) is 3.63. The molecule has 0 radical (unpaired) electrons. The quantitative estimate of drug-likeness (QED) is 0.827. The minimum absolute atomic E-state index is 0.0456. The first-order valence-electron chi connectivity index (χ1n) is 11.0. The van der Waals surface area contributed by atoms with E-state index in [1.807, 2.05) is 23.1 Å². The fourth-order valence-electron chi connectivity index (χ4n) is 5.59. The Morgan fingerprint density at radius 2 is 2.07 bits per heavy atom. The predicted octanol–water partition coefficient (Wildman–Crippen LogP) is 2.54. The molecule has 0 saturated carbocycles. The molecule has 6 nitrogen and oxygen atoms in total. The Kier molecular flexibility index (Phi) is 5.56. The molecule has 6 heteroatoms. The van der Waals surface area contributed by atoms with E-state index in [-0.39, 0.29) is 23.3 Å². The van der Waals surface area contributed by atoms with E-state index in [1.54, 1.807) is 13.2 Å². The van der Waals surface area contributed by atoms with Gasteiger partial charge in [0.25, 0.3) is 5.91 Å². The van der Waals surface area contributed by atoms with Crippen molar-refractivity contribution in [1.29, 1.82) is 0 Å². The summed E-state index contributed by atoms with van der Waals surface area (Å²) in [4.78, 5) is 30.1. The third-order valence-electron chi connectivity index (χ3n) is 7.36. The van der Waals surface area contributed by atoms with Crippen LogP contribution < -0.4 is 10.1 Å². The summed E-state index contributed by atoms with van der Waals surface area (Å²) in [5.74, 6) is 1.43. The van der Waals surface area contributed by atoms with Crippen LogP contribution >= 0.6 is 0 Å². The summed E-state index contributed by atoms with van der Waals surface area (Å²) < 4.78 is 5.25. The van der Waals surface area contributed by atoms with Crippen molar-refractivity contribution >= 4 is 11.8 Å². The van der Waals surface area contributed by atoms with Crippen LogP contribution in [0.3, 0.4) is 0 Å². The van der Waals surface area contributed by atoms with E-state index in [9.17, 15) is 9.59 Å². The van der Waals surface area contributed by atoms with Crippen LogP contribution in [0.5, 0.6) is 5.75 Å². The molecule has 1 N–H and O–H groups in total. The average Bonchev–Trinajstić information content (AvgIpc) is 3.29. The zero-order valence-corrected chi connectivity index (χ0v) is 17.8. The Morgan fingerprint density at radius 1 is 1.31 bits per heavy atom.